The number of pyridine rings is 1. The number of nitrogens with one attached hydrogen (secondary N) is 2. The molecule has 4 aromatic rings. The first-order chi connectivity index (χ1) is 14.7. The van der Waals surface area contributed by atoms with Gasteiger partial charge in [-0.3, -0.25) is 9.52 Å². The van der Waals surface area contributed by atoms with Gasteiger partial charge in [-0.2, -0.15) is 0 Å². The van der Waals surface area contributed by atoms with Crippen LogP contribution in [-0.2, 0) is 14.8 Å². The van der Waals surface area contributed by atoms with E-state index in [2.05, 4.69) is 10.0 Å². The van der Waals surface area contributed by atoms with Crippen LogP contribution in [0.15, 0.2) is 66.7 Å². The summed E-state index contributed by atoms with van der Waals surface area (Å²) in [6, 6.07) is 20.6. The number of carbonyl (C=O) groups excluding carboxylic acids is 1. The number of anilines is 4. The minimum atomic E-state index is -3.33. The van der Waals surface area contributed by atoms with Gasteiger partial charge >= 0.3 is 0 Å². The summed E-state index contributed by atoms with van der Waals surface area (Å²) in [4.78, 5) is 18.1. The Hall–Kier alpha value is -3.65. The van der Waals surface area contributed by atoms with Crippen molar-refractivity contribution in [2.24, 2.45) is 0 Å². The van der Waals surface area contributed by atoms with Crippen molar-refractivity contribution < 1.29 is 13.2 Å². The number of aromatic nitrogens is 1. The zero-order valence-electron chi connectivity index (χ0n) is 17.4. The largest absolute Gasteiger partial charge is 0.354 e. The van der Waals surface area contributed by atoms with E-state index in [1.54, 1.807) is 24.1 Å². The Balaban J connectivity index is 1.80. The maximum Gasteiger partial charge on any atom is 0.229 e. The molecule has 4 rings (SSSR count). The number of sulfonamides is 1. The standard InChI is InChI=1S/C23H22N4O3S/c1-15(28)27(2)18-12-13-20-22(14-18)25-21-7-5-4-6-19(21)23(20)24-16-8-10-17(11-9-16)26-31(3,29)30/h4-14,26H,1-3H3,(H,24,25). The smallest absolute Gasteiger partial charge is 0.229 e. The third-order valence-corrected chi connectivity index (χ3v) is 5.59. The van der Waals surface area contributed by atoms with Crippen LogP contribution >= 0.6 is 0 Å². The summed E-state index contributed by atoms with van der Waals surface area (Å²) in [6.45, 7) is 1.52. The monoisotopic (exact) mass is 434 g/mol. The SMILES string of the molecule is CC(=O)N(C)c1ccc2c(Nc3ccc(NS(C)(=O)=O)cc3)c3ccccc3nc2c1. The number of nitrogens with zero attached hydrogens (tertiary/aromatic N) is 2. The zero-order valence-corrected chi connectivity index (χ0v) is 18.2. The quantitative estimate of drug-likeness (QED) is 0.452. The number of carbonyl (C=O) groups is 1. The van der Waals surface area contributed by atoms with E-state index < -0.39 is 10.0 Å². The van der Waals surface area contributed by atoms with Gasteiger partial charge in [0, 0.05) is 41.8 Å². The topological polar surface area (TPSA) is 91.4 Å². The van der Waals surface area contributed by atoms with Crippen molar-refractivity contribution >= 4 is 60.5 Å². The van der Waals surface area contributed by atoms with Gasteiger partial charge in [0.25, 0.3) is 0 Å². The molecule has 1 amide bonds. The van der Waals surface area contributed by atoms with Gasteiger partial charge in [-0.15, -0.1) is 0 Å². The predicted molar refractivity (Wildman–Crippen MR) is 127 cm³/mol. The molecule has 0 unspecified atom stereocenters. The van der Waals surface area contributed by atoms with Gasteiger partial charge in [0.1, 0.15) is 0 Å². The van der Waals surface area contributed by atoms with Crippen LogP contribution in [0.25, 0.3) is 21.8 Å². The molecule has 8 heteroatoms. The normalized spacial score (nSPS) is 11.5. The minimum Gasteiger partial charge on any atom is -0.354 e. The molecule has 0 aliphatic heterocycles. The van der Waals surface area contributed by atoms with Gasteiger partial charge in [0.05, 0.1) is 23.0 Å². The zero-order chi connectivity index (χ0) is 22.2. The van der Waals surface area contributed by atoms with E-state index in [-0.39, 0.29) is 5.91 Å². The molecule has 7 nitrogen and oxygen atoms in total. The molecule has 0 aliphatic rings. The minimum absolute atomic E-state index is 0.0544. The maximum atomic E-state index is 11.8. The third kappa shape index (κ3) is 4.44. The molecule has 0 bridgehead atoms. The van der Waals surface area contributed by atoms with E-state index in [1.807, 2.05) is 54.6 Å². The molecule has 0 atom stereocenters. The summed E-state index contributed by atoms with van der Waals surface area (Å²) in [5.41, 5.74) is 4.56. The van der Waals surface area contributed by atoms with Crippen LogP contribution in [-0.4, -0.2) is 32.6 Å². The highest BCUT2D eigenvalue weighted by Gasteiger charge is 2.13. The van der Waals surface area contributed by atoms with Crippen molar-refractivity contribution in [3.8, 4) is 0 Å². The van der Waals surface area contributed by atoms with Crippen LogP contribution in [0.2, 0.25) is 0 Å². The second-order valence-corrected chi connectivity index (χ2v) is 9.11. The van der Waals surface area contributed by atoms with Gasteiger partial charge < -0.3 is 10.2 Å². The Labute approximate surface area is 180 Å². The highest BCUT2D eigenvalue weighted by molar-refractivity contribution is 7.92. The lowest BCUT2D eigenvalue weighted by molar-refractivity contribution is -0.116. The molecule has 0 fully saturated rings. The second kappa shape index (κ2) is 7.88. The summed E-state index contributed by atoms with van der Waals surface area (Å²) in [5, 5.41) is 5.33. The van der Waals surface area contributed by atoms with Crippen LogP contribution in [0.3, 0.4) is 0 Å². The van der Waals surface area contributed by atoms with Gasteiger partial charge in [0.15, 0.2) is 0 Å². The molecule has 3 aromatic carbocycles. The summed E-state index contributed by atoms with van der Waals surface area (Å²) >= 11 is 0. The molecule has 0 spiro atoms. The second-order valence-electron chi connectivity index (χ2n) is 7.36. The molecule has 31 heavy (non-hydrogen) atoms. The lowest BCUT2D eigenvalue weighted by Crippen LogP contribution is -2.22. The molecule has 158 valence electrons. The molecular formula is C23H22N4O3S. The van der Waals surface area contributed by atoms with Gasteiger partial charge in [0.2, 0.25) is 15.9 Å². The van der Waals surface area contributed by atoms with E-state index in [0.717, 1.165) is 45.1 Å². The van der Waals surface area contributed by atoms with Crippen molar-refractivity contribution in [2.75, 3.05) is 28.2 Å². The summed E-state index contributed by atoms with van der Waals surface area (Å²) < 4.78 is 25.3. The van der Waals surface area contributed by atoms with Crippen LogP contribution in [0.4, 0.5) is 22.7 Å². The number of amides is 1. The molecule has 0 saturated heterocycles. The molecule has 2 N–H and O–H groups in total. The van der Waals surface area contributed by atoms with Crippen LogP contribution in [0.5, 0.6) is 0 Å². The Morgan fingerprint density at radius 3 is 2.23 bits per heavy atom. The van der Waals surface area contributed by atoms with Crippen molar-refractivity contribution in [1.82, 2.24) is 4.98 Å². The van der Waals surface area contributed by atoms with Crippen LogP contribution in [0.1, 0.15) is 6.92 Å². The fourth-order valence-corrected chi connectivity index (χ4v) is 3.95. The molecule has 1 heterocycles. The number of para-hydroxylation sites is 1. The molecule has 0 saturated carbocycles. The van der Waals surface area contributed by atoms with Crippen molar-refractivity contribution in [2.45, 2.75) is 6.92 Å². The first-order valence-corrected chi connectivity index (χ1v) is 11.5. The van der Waals surface area contributed by atoms with Gasteiger partial charge in [-0.1, -0.05) is 18.2 Å². The Morgan fingerprint density at radius 1 is 0.903 bits per heavy atom. The summed E-state index contributed by atoms with van der Waals surface area (Å²) in [5.74, 6) is -0.0544. The first kappa shape index (κ1) is 20.6. The lowest BCUT2D eigenvalue weighted by atomic mass is 10.1. The first-order valence-electron chi connectivity index (χ1n) is 9.63. The highest BCUT2D eigenvalue weighted by atomic mass is 32.2. The van der Waals surface area contributed by atoms with E-state index in [1.165, 1.54) is 6.92 Å². The fourth-order valence-electron chi connectivity index (χ4n) is 3.39. The Bertz CT molecular complexity index is 1400. The average molecular weight is 435 g/mol. The number of hydrogen-bond donors (Lipinski definition) is 2. The summed E-state index contributed by atoms with van der Waals surface area (Å²) in [7, 11) is -1.60. The Morgan fingerprint density at radius 2 is 1.55 bits per heavy atom. The highest BCUT2D eigenvalue weighted by Crippen LogP contribution is 2.35. The number of fused-ring (bicyclic) bond motifs is 2. The van der Waals surface area contributed by atoms with Gasteiger partial charge in [-0.05, 0) is 48.5 Å². The van der Waals surface area contributed by atoms with E-state index in [4.69, 9.17) is 4.98 Å². The molecule has 1 aromatic heterocycles. The third-order valence-electron chi connectivity index (χ3n) is 4.98. The molecular weight excluding hydrogens is 412 g/mol. The molecule has 0 aliphatic carbocycles. The predicted octanol–water partition coefficient (Wildman–Crippen LogP) is 4.49. The van der Waals surface area contributed by atoms with Crippen LogP contribution in [0, 0.1) is 0 Å². The average Bonchev–Trinajstić information content (AvgIpc) is 2.72. The van der Waals surface area contributed by atoms with E-state index in [9.17, 15) is 13.2 Å². The lowest BCUT2D eigenvalue weighted by Gasteiger charge is -2.18. The van der Waals surface area contributed by atoms with Gasteiger partial charge in [-0.25, -0.2) is 13.4 Å². The number of rotatable bonds is 5. The fraction of sp³-hybridized carbons (Fsp3) is 0.130. The number of benzene rings is 3. The van der Waals surface area contributed by atoms with Crippen molar-refractivity contribution in [3.05, 3.63) is 66.7 Å². The summed E-state index contributed by atoms with van der Waals surface area (Å²) in [6.07, 6.45) is 1.12. The van der Waals surface area contributed by atoms with Crippen LogP contribution < -0.4 is 14.9 Å². The van der Waals surface area contributed by atoms with E-state index in [0.29, 0.717) is 5.69 Å². The number of hydrogen-bond acceptors (Lipinski definition) is 5. The Kier molecular flexibility index (Phi) is 5.24. The van der Waals surface area contributed by atoms with Crippen molar-refractivity contribution in [3.63, 3.8) is 0 Å². The van der Waals surface area contributed by atoms with Crippen molar-refractivity contribution in [1.29, 1.82) is 0 Å². The maximum absolute atomic E-state index is 11.8. The molecule has 0 radical (unpaired) electrons. The van der Waals surface area contributed by atoms with E-state index >= 15 is 0 Å².